The summed E-state index contributed by atoms with van der Waals surface area (Å²) >= 11 is 0. The number of likely N-dealkylation sites (N-methyl/N-ethyl adjacent to an activating group) is 1. The van der Waals surface area contributed by atoms with E-state index in [0.717, 1.165) is 18.7 Å². The fourth-order valence-electron chi connectivity index (χ4n) is 3.63. The summed E-state index contributed by atoms with van der Waals surface area (Å²) in [6.07, 6.45) is 0.974. The second-order valence-electron chi connectivity index (χ2n) is 6.99. The highest BCUT2D eigenvalue weighted by atomic mass is 16.5. The third kappa shape index (κ3) is 6.13. The van der Waals surface area contributed by atoms with Crippen molar-refractivity contribution >= 4 is 5.91 Å². The van der Waals surface area contributed by atoms with Gasteiger partial charge in [0.1, 0.15) is 0 Å². The molecule has 2 aromatic rings. The third-order valence-corrected chi connectivity index (χ3v) is 5.30. The third-order valence-electron chi connectivity index (χ3n) is 5.30. The quantitative estimate of drug-likeness (QED) is 0.572. The molecule has 0 fully saturated rings. The van der Waals surface area contributed by atoms with Crippen LogP contribution in [-0.2, 0) is 11.2 Å². The van der Waals surface area contributed by atoms with Crippen LogP contribution in [0.15, 0.2) is 42.5 Å². The van der Waals surface area contributed by atoms with Crippen molar-refractivity contribution in [3.05, 3.63) is 53.6 Å². The van der Waals surface area contributed by atoms with Crippen LogP contribution in [0.4, 0.5) is 0 Å². The van der Waals surface area contributed by atoms with Crippen molar-refractivity contribution in [1.82, 2.24) is 10.2 Å². The SMILES string of the molecule is CCN(CC)C(CNC(=O)CCc1cc(OC)c(OC)c(OC)c1)c1ccccc1. The molecule has 1 N–H and O–H groups in total. The molecule has 164 valence electrons. The number of rotatable bonds is 12. The van der Waals surface area contributed by atoms with Crippen LogP contribution in [0.2, 0.25) is 0 Å². The van der Waals surface area contributed by atoms with Crippen molar-refractivity contribution in [3.8, 4) is 17.2 Å². The van der Waals surface area contributed by atoms with Crippen LogP contribution in [0, 0.1) is 0 Å². The average molecular weight is 415 g/mol. The van der Waals surface area contributed by atoms with Gasteiger partial charge in [-0.3, -0.25) is 9.69 Å². The van der Waals surface area contributed by atoms with Gasteiger partial charge < -0.3 is 19.5 Å². The number of carbonyl (C=O) groups excluding carboxylic acids is 1. The molecule has 0 bridgehead atoms. The van der Waals surface area contributed by atoms with E-state index in [1.54, 1.807) is 21.3 Å². The first kappa shape index (κ1) is 23.5. The van der Waals surface area contributed by atoms with Gasteiger partial charge >= 0.3 is 0 Å². The Balaban J connectivity index is 2.01. The van der Waals surface area contributed by atoms with Gasteiger partial charge in [-0.05, 0) is 42.8 Å². The molecule has 30 heavy (non-hydrogen) atoms. The minimum absolute atomic E-state index is 0.0249. The lowest BCUT2D eigenvalue weighted by molar-refractivity contribution is -0.121. The molecule has 1 amide bonds. The molecule has 0 saturated carbocycles. The van der Waals surface area contributed by atoms with E-state index in [-0.39, 0.29) is 11.9 Å². The average Bonchev–Trinajstić information content (AvgIpc) is 2.80. The highest BCUT2D eigenvalue weighted by molar-refractivity contribution is 5.76. The summed E-state index contributed by atoms with van der Waals surface area (Å²) in [5.41, 5.74) is 2.18. The highest BCUT2D eigenvalue weighted by Crippen LogP contribution is 2.38. The first-order valence-corrected chi connectivity index (χ1v) is 10.4. The number of nitrogens with one attached hydrogen (secondary N) is 1. The van der Waals surface area contributed by atoms with Crippen molar-refractivity contribution in [2.75, 3.05) is 41.0 Å². The Morgan fingerprint density at radius 2 is 1.57 bits per heavy atom. The highest BCUT2D eigenvalue weighted by Gasteiger charge is 2.19. The summed E-state index contributed by atoms with van der Waals surface area (Å²) in [6, 6.07) is 14.3. The number of carbonyl (C=O) groups is 1. The van der Waals surface area contributed by atoms with Gasteiger partial charge in [-0.25, -0.2) is 0 Å². The summed E-state index contributed by atoms with van der Waals surface area (Å²) in [5, 5.41) is 3.11. The molecule has 0 heterocycles. The van der Waals surface area contributed by atoms with E-state index in [4.69, 9.17) is 14.2 Å². The van der Waals surface area contributed by atoms with Crippen LogP contribution in [0.1, 0.15) is 37.4 Å². The maximum atomic E-state index is 12.6. The maximum Gasteiger partial charge on any atom is 0.220 e. The van der Waals surface area contributed by atoms with Gasteiger partial charge in [0.25, 0.3) is 0 Å². The van der Waals surface area contributed by atoms with E-state index in [1.165, 1.54) is 5.56 Å². The van der Waals surface area contributed by atoms with Crippen molar-refractivity contribution in [3.63, 3.8) is 0 Å². The van der Waals surface area contributed by atoms with Crippen LogP contribution < -0.4 is 19.5 Å². The molecule has 2 aromatic carbocycles. The number of hydrogen-bond acceptors (Lipinski definition) is 5. The summed E-state index contributed by atoms with van der Waals surface area (Å²) in [5.74, 6) is 1.77. The first-order chi connectivity index (χ1) is 14.6. The molecular weight excluding hydrogens is 380 g/mol. The van der Waals surface area contributed by atoms with Gasteiger partial charge in [-0.1, -0.05) is 44.2 Å². The zero-order valence-electron chi connectivity index (χ0n) is 18.7. The molecule has 0 saturated heterocycles. The molecule has 6 nitrogen and oxygen atoms in total. The number of hydrogen-bond donors (Lipinski definition) is 1. The predicted octanol–water partition coefficient (Wildman–Crippen LogP) is 3.84. The molecule has 0 spiro atoms. The summed E-state index contributed by atoms with van der Waals surface area (Å²) in [6.45, 7) is 6.73. The number of methoxy groups -OCH3 is 3. The monoisotopic (exact) mass is 414 g/mol. The van der Waals surface area contributed by atoms with E-state index >= 15 is 0 Å². The van der Waals surface area contributed by atoms with E-state index in [2.05, 4.69) is 36.2 Å². The molecular formula is C24H34N2O4. The number of nitrogens with zero attached hydrogens (tertiary/aromatic N) is 1. The standard InChI is InChI=1S/C24H34N2O4/c1-6-26(7-2)20(19-11-9-8-10-12-19)17-25-23(27)14-13-18-15-21(28-3)24(30-5)22(16-18)29-4/h8-12,15-16,20H,6-7,13-14,17H2,1-5H3,(H,25,27). The zero-order valence-corrected chi connectivity index (χ0v) is 18.7. The lowest BCUT2D eigenvalue weighted by Gasteiger charge is -2.30. The molecule has 0 aliphatic rings. The van der Waals surface area contributed by atoms with Crippen LogP contribution >= 0.6 is 0 Å². The van der Waals surface area contributed by atoms with Crippen molar-refractivity contribution in [2.45, 2.75) is 32.7 Å². The Labute approximate surface area is 180 Å². The van der Waals surface area contributed by atoms with Gasteiger partial charge in [0, 0.05) is 13.0 Å². The van der Waals surface area contributed by atoms with Crippen LogP contribution in [0.5, 0.6) is 17.2 Å². The number of aryl methyl sites for hydroxylation is 1. The second-order valence-corrected chi connectivity index (χ2v) is 6.99. The molecule has 0 aromatic heterocycles. The van der Waals surface area contributed by atoms with E-state index in [1.807, 2.05) is 30.3 Å². The van der Waals surface area contributed by atoms with E-state index < -0.39 is 0 Å². The molecule has 1 unspecified atom stereocenters. The Bertz CT molecular complexity index is 766. The molecule has 0 aliphatic heterocycles. The minimum atomic E-state index is 0.0249. The Morgan fingerprint density at radius 1 is 0.967 bits per heavy atom. The molecule has 2 rings (SSSR count). The Morgan fingerprint density at radius 3 is 2.07 bits per heavy atom. The number of benzene rings is 2. The Hall–Kier alpha value is -2.73. The van der Waals surface area contributed by atoms with Crippen LogP contribution in [-0.4, -0.2) is 51.8 Å². The normalized spacial score (nSPS) is 11.8. The Kier molecular flexibility index (Phi) is 9.48. The van der Waals surface area contributed by atoms with Crippen molar-refractivity contribution in [1.29, 1.82) is 0 Å². The molecule has 6 heteroatoms. The first-order valence-electron chi connectivity index (χ1n) is 10.4. The summed E-state index contributed by atoms with van der Waals surface area (Å²) < 4.78 is 16.1. The lowest BCUT2D eigenvalue weighted by Crippen LogP contribution is -2.38. The minimum Gasteiger partial charge on any atom is -0.493 e. The summed E-state index contributed by atoms with van der Waals surface area (Å²) in [7, 11) is 4.75. The van der Waals surface area contributed by atoms with Gasteiger partial charge in [0.2, 0.25) is 11.7 Å². The van der Waals surface area contributed by atoms with E-state index in [0.29, 0.717) is 36.6 Å². The fourth-order valence-corrected chi connectivity index (χ4v) is 3.63. The smallest absolute Gasteiger partial charge is 0.220 e. The second kappa shape index (κ2) is 12.1. The fraction of sp³-hybridized carbons (Fsp3) is 0.458. The van der Waals surface area contributed by atoms with Gasteiger partial charge in [-0.15, -0.1) is 0 Å². The maximum absolute atomic E-state index is 12.6. The van der Waals surface area contributed by atoms with Crippen molar-refractivity contribution < 1.29 is 19.0 Å². The zero-order chi connectivity index (χ0) is 21.9. The molecule has 0 radical (unpaired) electrons. The van der Waals surface area contributed by atoms with Gasteiger partial charge in [0.05, 0.1) is 27.4 Å². The van der Waals surface area contributed by atoms with Crippen molar-refractivity contribution in [2.24, 2.45) is 0 Å². The molecule has 0 aliphatic carbocycles. The van der Waals surface area contributed by atoms with Crippen LogP contribution in [0.25, 0.3) is 0 Å². The number of ether oxygens (including phenoxy) is 3. The van der Waals surface area contributed by atoms with Crippen LogP contribution in [0.3, 0.4) is 0 Å². The largest absolute Gasteiger partial charge is 0.493 e. The van der Waals surface area contributed by atoms with Gasteiger partial charge in [-0.2, -0.15) is 0 Å². The molecule has 1 atom stereocenters. The summed E-state index contributed by atoms with van der Waals surface area (Å²) in [4.78, 5) is 14.9. The number of amides is 1. The predicted molar refractivity (Wildman–Crippen MR) is 120 cm³/mol. The topological polar surface area (TPSA) is 60.0 Å². The lowest BCUT2D eigenvalue weighted by atomic mass is 10.0. The van der Waals surface area contributed by atoms with Gasteiger partial charge in [0.15, 0.2) is 11.5 Å². The van der Waals surface area contributed by atoms with E-state index in [9.17, 15) is 4.79 Å².